The molecule has 0 aromatic heterocycles. The lowest BCUT2D eigenvalue weighted by atomic mass is 9.89. The molecule has 2 rings (SSSR count). The average Bonchev–Trinajstić information content (AvgIpc) is 2.28. The van der Waals surface area contributed by atoms with Crippen molar-refractivity contribution in [2.75, 3.05) is 52.6 Å². The maximum atomic E-state index is 11.8. The van der Waals surface area contributed by atoms with Gasteiger partial charge in [-0.15, -0.1) is 0 Å². The molecule has 16 heavy (non-hydrogen) atoms. The fraction of sp³-hybridized carbons (Fsp3) is 0.909. The van der Waals surface area contributed by atoms with E-state index in [-0.39, 0.29) is 11.3 Å². The van der Waals surface area contributed by atoms with E-state index in [2.05, 4.69) is 12.2 Å². The zero-order valence-corrected chi connectivity index (χ0v) is 9.83. The second-order valence-electron chi connectivity index (χ2n) is 4.90. The molecule has 2 saturated heterocycles. The molecule has 0 aromatic rings. The average molecular weight is 228 g/mol. The van der Waals surface area contributed by atoms with Gasteiger partial charge in [0.1, 0.15) is 0 Å². The molecule has 0 radical (unpaired) electrons. The summed E-state index contributed by atoms with van der Waals surface area (Å²) in [5, 5.41) is 3.21. The predicted molar refractivity (Wildman–Crippen MR) is 59.2 cm³/mol. The van der Waals surface area contributed by atoms with E-state index < -0.39 is 0 Å². The van der Waals surface area contributed by atoms with Crippen molar-refractivity contribution >= 4 is 5.91 Å². The number of nitrogens with one attached hydrogen (secondary N) is 1. The van der Waals surface area contributed by atoms with Gasteiger partial charge in [-0.1, -0.05) is 6.92 Å². The van der Waals surface area contributed by atoms with Crippen LogP contribution < -0.4 is 5.32 Å². The summed E-state index contributed by atoms with van der Waals surface area (Å²) >= 11 is 0. The Bertz CT molecular complexity index is 248. The third-order valence-corrected chi connectivity index (χ3v) is 3.09. The monoisotopic (exact) mass is 228 g/mol. The molecule has 5 nitrogen and oxygen atoms in total. The summed E-state index contributed by atoms with van der Waals surface area (Å²) in [7, 11) is 0. The fourth-order valence-electron chi connectivity index (χ4n) is 1.95. The summed E-state index contributed by atoms with van der Waals surface area (Å²) < 4.78 is 10.4. The van der Waals surface area contributed by atoms with E-state index in [0.717, 1.165) is 32.8 Å². The molecule has 2 aliphatic rings. The Morgan fingerprint density at radius 2 is 2.00 bits per heavy atom. The summed E-state index contributed by atoms with van der Waals surface area (Å²) in [6.07, 6.45) is 0. The van der Waals surface area contributed by atoms with Crippen LogP contribution in [0.5, 0.6) is 0 Å². The molecule has 92 valence electrons. The van der Waals surface area contributed by atoms with E-state index >= 15 is 0 Å². The number of morpholine rings is 1. The second-order valence-corrected chi connectivity index (χ2v) is 4.90. The van der Waals surface area contributed by atoms with Crippen molar-refractivity contribution < 1.29 is 14.3 Å². The maximum Gasteiger partial charge on any atom is 0.236 e. The Balaban J connectivity index is 1.63. The maximum absolute atomic E-state index is 11.8. The number of carbonyl (C=O) groups is 1. The minimum atomic E-state index is 0.173. The Kier molecular flexibility index (Phi) is 3.78. The summed E-state index contributed by atoms with van der Waals surface area (Å²) in [5.74, 6) is 0.173. The SMILES string of the molecule is CC1(CNCC(=O)N2CCOCC2)COC1. The van der Waals surface area contributed by atoms with Crippen molar-refractivity contribution in [2.24, 2.45) is 5.41 Å². The molecular formula is C11H20N2O3. The molecule has 1 amide bonds. The molecule has 2 aliphatic heterocycles. The number of amides is 1. The standard InChI is InChI=1S/C11H20N2O3/c1-11(8-16-9-11)7-12-6-10(14)13-2-4-15-5-3-13/h12H,2-9H2,1H3. The van der Waals surface area contributed by atoms with Crippen LogP contribution in [0.15, 0.2) is 0 Å². The zero-order chi connectivity index (χ0) is 11.4. The number of hydrogen-bond donors (Lipinski definition) is 1. The third kappa shape index (κ3) is 2.93. The largest absolute Gasteiger partial charge is 0.380 e. The van der Waals surface area contributed by atoms with E-state index in [1.165, 1.54) is 0 Å². The smallest absolute Gasteiger partial charge is 0.236 e. The summed E-state index contributed by atoms with van der Waals surface area (Å²) in [5.41, 5.74) is 0.227. The minimum Gasteiger partial charge on any atom is -0.380 e. The number of ether oxygens (including phenoxy) is 2. The number of hydrogen-bond acceptors (Lipinski definition) is 4. The molecule has 0 aromatic carbocycles. The Hall–Kier alpha value is -0.650. The van der Waals surface area contributed by atoms with Gasteiger partial charge in [-0.2, -0.15) is 0 Å². The normalized spacial score (nSPS) is 23.9. The number of rotatable bonds is 4. The molecule has 0 saturated carbocycles. The van der Waals surface area contributed by atoms with Crippen LogP contribution in [0.25, 0.3) is 0 Å². The summed E-state index contributed by atoms with van der Waals surface area (Å²) in [6, 6.07) is 0. The van der Waals surface area contributed by atoms with Crippen molar-refractivity contribution in [2.45, 2.75) is 6.92 Å². The molecule has 2 heterocycles. The predicted octanol–water partition coefficient (Wildman–Crippen LogP) is -0.529. The first-order valence-electron chi connectivity index (χ1n) is 5.84. The lowest BCUT2D eigenvalue weighted by molar-refractivity contribution is -0.135. The van der Waals surface area contributed by atoms with Gasteiger partial charge >= 0.3 is 0 Å². The highest BCUT2D eigenvalue weighted by Crippen LogP contribution is 2.24. The first-order chi connectivity index (χ1) is 7.70. The number of nitrogens with zero attached hydrogens (tertiary/aromatic N) is 1. The van der Waals surface area contributed by atoms with Crippen LogP contribution in [0.3, 0.4) is 0 Å². The van der Waals surface area contributed by atoms with Crippen molar-refractivity contribution in [3.63, 3.8) is 0 Å². The van der Waals surface area contributed by atoms with E-state index in [1.807, 2.05) is 4.90 Å². The Morgan fingerprint density at radius 1 is 1.31 bits per heavy atom. The van der Waals surface area contributed by atoms with Gasteiger partial charge < -0.3 is 19.7 Å². The summed E-state index contributed by atoms with van der Waals surface area (Å²) in [4.78, 5) is 13.6. The highest BCUT2D eigenvalue weighted by Gasteiger charge is 2.33. The molecule has 0 aliphatic carbocycles. The lowest BCUT2D eigenvalue weighted by Crippen LogP contribution is -2.50. The fourth-order valence-corrected chi connectivity index (χ4v) is 1.95. The molecule has 0 bridgehead atoms. The second kappa shape index (κ2) is 5.12. The highest BCUT2D eigenvalue weighted by molar-refractivity contribution is 5.78. The van der Waals surface area contributed by atoms with Crippen molar-refractivity contribution in [1.29, 1.82) is 0 Å². The molecular weight excluding hydrogens is 208 g/mol. The van der Waals surface area contributed by atoms with Gasteiger partial charge in [0.2, 0.25) is 5.91 Å². The quantitative estimate of drug-likeness (QED) is 0.703. The lowest BCUT2D eigenvalue weighted by Gasteiger charge is -2.38. The van der Waals surface area contributed by atoms with E-state index in [0.29, 0.717) is 19.8 Å². The Morgan fingerprint density at radius 3 is 2.56 bits per heavy atom. The van der Waals surface area contributed by atoms with Crippen LogP contribution in [0.4, 0.5) is 0 Å². The van der Waals surface area contributed by atoms with E-state index in [9.17, 15) is 4.79 Å². The van der Waals surface area contributed by atoms with Gasteiger partial charge in [0.05, 0.1) is 33.0 Å². The summed E-state index contributed by atoms with van der Waals surface area (Å²) in [6.45, 7) is 7.81. The molecule has 0 atom stereocenters. The van der Waals surface area contributed by atoms with E-state index in [4.69, 9.17) is 9.47 Å². The first kappa shape index (κ1) is 11.8. The van der Waals surface area contributed by atoms with Crippen LogP contribution in [-0.2, 0) is 14.3 Å². The molecule has 0 unspecified atom stereocenters. The molecule has 2 fully saturated rings. The van der Waals surface area contributed by atoms with Crippen molar-refractivity contribution in [3.8, 4) is 0 Å². The first-order valence-corrected chi connectivity index (χ1v) is 5.84. The van der Waals surface area contributed by atoms with Gasteiger partial charge in [0, 0.05) is 25.0 Å². The van der Waals surface area contributed by atoms with Gasteiger partial charge in [-0.3, -0.25) is 4.79 Å². The van der Waals surface area contributed by atoms with Crippen LogP contribution in [0.2, 0.25) is 0 Å². The third-order valence-electron chi connectivity index (χ3n) is 3.09. The number of carbonyl (C=O) groups excluding carboxylic acids is 1. The molecule has 0 spiro atoms. The van der Waals surface area contributed by atoms with Crippen molar-refractivity contribution in [3.05, 3.63) is 0 Å². The topological polar surface area (TPSA) is 50.8 Å². The van der Waals surface area contributed by atoms with E-state index in [1.54, 1.807) is 0 Å². The zero-order valence-electron chi connectivity index (χ0n) is 9.83. The molecule has 5 heteroatoms. The Labute approximate surface area is 96.1 Å². The van der Waals surface area contributed by atoms with Crippen LogP contribution in [-0.4, -0.2) is 63.4 Å². The molecule has 1 N–H and O–H groups in total. The van der Waals surface area contributed by atoms with Crippen molar-refractivity contribution in [1.82, 2.24) is 10.2 Å². The van der Waals surface area contributed by atoms with Crippen LogP contribution >= 0.6 is 0 Å². The van der Waals surface area contributed by atoms with Gasteiger partial charge in [0.25, 0.3) is 0 Å². The van der Waals surface area contributed by atoms with Gasteiger partial charge in [-0.25, -0.2) is 0 Å². The van der Waals surface area contributed by atoms with Crippen LogP contribution in [0, 0.1) is 5.41 Å². The highest BCUT2D eigenvalue weighted by atomic mass is 16.5. The minimum absolute atomic E-state index is 0.173. The van der Waals surface area contributed by atoms with Gasteiger partial charge in [0.15, 0.2) is 0 Å². The van der Waals surface area contributed by atoms with Gasteiger partial charge in [-0.05, 0) is 0 Å². The van der Waals surface area contributed by atoms with Crippen LogP contribution in [0.1, 0.15) is 6.92 Å².